The lowest BCUT2D eigenvalue weighted by Crippen LogP contribution is -2.50. The van der Waals surface area contributed by atoms with Crippen molar-refractivity contribution in [2.45, 2.75) is 39.7 Å². The summed E-state index contributed by atoms with van der Waals surface area (Å²) in [6.07, 6.45) is 3.20. The van der Waals surface area contributed by atoms with E-state index in [1.54, 1.807) is 0 Å². The Hall–Kier alpha value is -1.02. The quantitative estimate of drug-likeness (QED) is 0.454. The van der Waals surface area contributed by atoms with Gasteiger partial charge in [0.15, 0.2) is 0 Å². The van der Waals surface area contributed by atoms with E-state index in [1.165, 1.54) is 17.1 Å². The summed E-state index contributed by atoms with van der Waals surface area (Å²) in [5.74, 6) is -0.521. The third kappa shape index (κ3) is 4.47. The van der Waals surface area contributed by atoms with E-state index in [4.69, 9.17) is 13.3 Å². The topological polar surface area (TPSA) is 65.1 Å². The fourth-order valence-corrected chi connectivity index (χ4v) is 5.10. The lowest BCUT2D eigenvalue weighted by Gasteiger charge is -2.34. The van der Waals surface area contributed by atoms with E-state index in [0.29, 0.717) is 32.8 Å². The zero-order valence-electron chi connectivity index (χ0n) is 13.3. The van der Waals surface area contributed by atoms with E-state index in [-0.39, 0.29) is 17.4 Å². The van der Waals surface area contributed by atoms with Gasteiger partial charge in [0.05, 0.1) is 0 Å². The minimum atomic E-state index is -2.78. The van der Waals surface area contributed by atoms with Gasteiger partial charge < -0.3 is 13.3 Å². The van der Waals surface area contributed by atoms with Gasteiger partial charge in [-0.15, -0.1) is 0 Å². The normalized spacial score (nSPS) is 16.9. The van der Waals surface area contributed by atoms with Crippen molar-refractivity contribution in [2.75, 3.05) is 26.4 Å². The highest BCUT2D eigenvalue weighted by Crippen LogP contribution is 2.29. The van der Waals surface area contributed by atoms with E-state index < -0.39 is 8.80 Å². The molecule has 0 aliphatic carbocycles. The molecule has 0 fully saturated rings. The Labute approximate surface area is 127 Å². The molecule has 0 radical (unpaired) electrons. The summed E-state index contributed by atoms with van der Waals surface area (Å²) in [5, 5.41) is 0. The van der Waals surface area contributed by atoms with Gasteiger partial charge in [-0.3, -0.25) is 14.5 Å². The fourth-order valence-electron chi connectivity index (χ4n) is 2.31. The molecule has 0 aromatic heterocycles. The largest absolute Gasteiger partial charge is 0.503 e. The van der Waals surface area contributed by atoms with Gasteiger partial charge in [0.25, 0.3) is 11.8 Å². The summed E-state index contributed by atoms with van der Waals surface area (Å²) >= 11 is 0. The number of carbonyl (C=O) groups excluding carboxylic acids is 2. The molecule has 2 amide bonds. The van der Waals surface area contributed by atoms with Crippen LogP contribution >= 0.6 is 0 Å². The summed E-state index contributed by atoms with van der Waals surface area (Å²) in [6, 6.07) is 0. The minimum Gasteiger partial charge on any atom is -0.374 e. The van der Waals surface area contributed by atoms with Crippen LogP contribution in [0.3, 0.4) is 0 Å². The standard InChI is InChI=1S/C14H25NO5Si/c1-5-18-21(19-6-2,20-7-3)12(4)10-11-15-13(16)8-9-14(15)17/h8-9,12H,5-7,10-11H2,1-4H3. The van der Waals surface area contributed by atoms with Gasteiger partial charge >= 0.3 is 8.80 Å². The Kier molecular flexibility index (Phi) is 7.23. The lowest BCUT2D eigenvalue weighted by molar-refractivity contribution is -0.136. The number of hydrogen-bond donors (Lipinski definition) is 0. The van der Waals surface area contributed by atoms with Crippen LogP contribution in [0.4, 0.5) is 0 Å². The van der Waals surface area contributed by atoms with E-state index in [2.05, 4.69) is 0 Å². The molecule has 0 N–H and O–H groups in total. The average Bonchev–Trinajstić information content (AvgIpc) is 2.76. The number of amides is 2. The van der Waals surface area contributed by atoms with E-state index >= 15 is 0 Å². The Morgan fingerprint density at radius 2 is 1.43 bits per heavy atom. The average molecular weight is 315 g/mol. The van der Waals surface area contributed by atoms with Crippen LogP contribution in [0, 0.1) is 0 Å². The lowest BCUT2D eigenvalue weighted by atomic mass is 10.3. The molecule has 1 atom stereocenters. The Bertz CT molecular complexity index is 364. The van der Waals surface area contributed by atoms with Crippen molar-refractivity contribution in [1.82, 2.24) is 4.90 Å². The van der Waals surface area contributed by atoms with Crippen LogP contribution in [0.25, 0.3) is 0 Å². The first kappa shape index (κ1) is 18.0. The molecule has 1 rings (SSSR count). The van der Waals surface area contributed by atoms with E-state index in [0.717, 1.165) is 0 Å². The predicted octanol–water partition coefficient (Wildman–Crippen LogP) is 1.74. The molecule has 1 aliphatic rings. The number of hydrogen-bond acceptors (Lipinski definition) is 5. The van der Waals surface area contributed by atoms with Crippen molar-refractivity contribution in [3.63, 3.8) is 0 Å². The molecule has 0 spiro atoms. The van der Waals surface area contributed by atoms with Crippen LogP contribution in [0.5, 0.6) is 0 Å². The summed E-state index contributed by atoms with van der Waals surface area (Å²) in [7, 11) is -2.78. The van der Waals surface area contributed by atoms with Gasteiger partial charge in [-0.25, -0.2) is 0 Å². The third-order valence-electron chi connectivity index (χ3n) is 3.33. The van der Waals surface area contributed by atoms with Crippen LogP contribution in [-0.2, 0) is 22.9 Å². The highest BCUT2D eigenvalue weighted by atomic mass is 28.4. The molecule has 21 heavy (non-hydrogen) atoms. The molecule has 0 saturated carbocycles. The fraction of sp³-hybridized carbons (Fsp3) is 0.714. The molecule has 6 nitrogen and oxygen atoms in total. The third-order valence-corrected chi connectivity index (χ3v) is 6.90. The molecule has 7 heteroatoms. The highest BCUT2D eigenvalue weighted by Gasteiger charge is 2.46. The van der Waals surface area contributed by atoms with Crippen LogP contribution in [0.15, 0.2) is 12.2 Å². The van der Waals surface area contributed by atoms with Gasteiger partial charge in [0, 0.05) is 44.1 Å². The van der Waals surface area contributed by atoms with Gasteiger partial charge in [-0.2, -0.15) is 0 Å². The Morgan fingerprint density at radius 3 is 1.81 bits per heavy atom. The summed E-state index contributed by atoms with van der Waals surface area (Å²) < 4.78 is 17.5. The van der Waals surface area contributed by atoms with Gasteiger partial charge in [-0.05, 0) is 27.2 Å². The minimum absolute atomic E-state index is 0.0125. The second-order valence-corrected chi connectivity index (χ2v) is 7.81. The second-order valence-electron chi connectivity index (χ2n) is 4.75. The molecular formula is C14H25NO5Si. The van der Waals surface area contributed by atoms with Crippen molar-refractivity contribution in [2.24, 2.45) is 0 Å². The van der Waals surface area contributed by atoms with E-state index in [9.17, 15) is 9.59 Å². The second kappa shape index (κ2) is 8.43. The first-order valence-electron chi connectivity index (χ1n) is 7.46. The van der Waals surface area contributed by atoms with Gasteiger partial charge in [-0.1, -0.05) is 6.92 Å². The summed E-state index contributed by atoms with van der Waals surface area (Å²) in [6.45, 7) is 9.61. The maximum Gasteiger partial charge on any atom is 0.503 e. The zero-order chi connectivity index (χ0) is 15.9. The van der Waals surface area contributed by atoms with Crippen LogP contribution in [-0.4, -0.2) is 51.9 Å². The van der Waals surface area contributed by atoms with E-state index in [1.807, 2.05) is 27.7 Å². The molecule has 1 unspecified atom stereocenters. The number of nitrogens with zero attached hydrogens (tertiary/aromatic N) is 1. The molecule has 0 aromatic carbocycles. The maximum absolute atomic E-state index is 11.6. The molecule has 120 valence electrons. The maximum atomic E-state index is 11.6. The molecule has 0 bridgehead atoms. The van der Waals surface area contributed by atoms with Crippen molar-refractivity contribution in [3.05, 3.63) is 12.2 Å². The van der Waals surface area contributed by atoms with Crippen molar-refractivity contribution >= 4 is 20.6 Å². The monoisotopic (exact) mass is 315 g/mol. The highest BCUT2D eigenvalue weighted by molar-refractivity contribution is 6.62. The van der Waals surface area contributed by atoms with Crippen molar-refractivity contribution in [3.8, 4) is 0 Å². The molecule has 0 aromatic rings. The van der Waals surface area contributed by atoms with Gasteiger partial charge in [0.2, 0.25) is 0 Å². The molecule has 1 aliphatic heterocycles. The molecular weight excluding hydrogens is 290 g/mol. The number of rotatable bonds is 10. The van der Waals surface area contributed by atoms with Crippen molar-refractivity contribution < 1.29 is 22.9 Å². The Balaban J connectivity index is 2.69. The van der Waals surface area contributed by atoms with Crippen LogP contribution < -0.4 is 0 Å². The first-order valence-corrected chi connectivity index (χ1v) is 9.26. The summed E-state index contributed by atoms with van der Waals surface area (Å²) in [4.78, 5) is 24.4. The SMILES string of the molecule is CCO[Si](OCC)(OCC)C(C)CCN1C(=O)C=CC1=O. The zero-order valence-corrected chi connectivity index (χ0v) is 14.3. The number of carbonyl (C=O) groups is 2. The molecule has 1 heterocycles. The Morgan fingerprint density at radius 1 is 1.00 bits per heavy atom. The predicted molar refractivity (Wildman–Crippen MR) is 80.5 cm³/mol. The van der Waals surface area contributed by atoms with Gasteiger partial charge in [0.1, 0.15) is 0 Å². The number of imide groups is 1. The first-order chi connectivity index (χ1) is 10.0. The van der Waals surface area contributed by atoms with Crippen LogP contribution in [0.2, 0.25) is 5.54 Å². The van der Waals surface area contributed by atoms with Crippen molar-refractivity contribution in [1.29, 1.82) is 0 Å². The smallest absolute Gasteiger partial charge is 0.374 e. The molecule has 0 saturated heterocycles. The van der Waals surface area contributed by atoms with Crippen LogP contribution in [0.1, 0.15) is 34.1 Å². The summed E-state index contributed by atoms with van der Waals surface area (Å²) in [5.41, 5.74) is 0.0125.